The second kappa shape index (κ2) is 7.84. The first-order chi connectivity index (χ1) is 14.8. The number of nitrogens with zero attached hydrogens (tertiary/aromatic N) is 1. The Morgan fingerprint density at radius 1 is 0.903 bits per heavy atom. The predicted octanol–water partition coefficient (Wildman–Crippen LogP) is 5.38. The van der Waals surface area contributed by atoms with Gasteiger partial charge in [-0.15, -0.1) is 0 Å². The van der Waals surface area contributed by atoms with Gasteiger partial charge in [-0.1, -0.05) is 54.1 Å². The van der Waals surface area contributed by atoms with Crippen molar-refractivity contribution in [2.24, 2.45) is 0 Å². The number of hydrogen-bond acceptors (Lipinski definition) is 3. The maximum Gasteiger partial charge on any atom is 0.300 e. The van der Waals surface area contributed by atoms with Crippen LogP contribution in [0.1, 0.15) is 33.9 Å². The normalized spacial score (nSPS) is 17.9. The van der Waals surface area contributed by atoms with Crippen LogP contribution in [0.25, 0.3) is 5.76 Å². The number of halogens is 1. The molecule has 1 amide bonds. The van der Waals surface area contributed by atoms with Crippen molar-refractivity contribution in [3.05, 3.63) is 106 Å². The molecule has 0 saturated carbocycles. The van der Waals surface area contributed by atoms with Crippen LogP contribution in [0.5, 0.6) is 0 Å². The third-order valence-corrected chi connectivity index (χ3v) is 5.67. The van der Waals surface area contributed by atoms with Crippen LogP contribution in [-0.2, 0) is 9.59 Å². The average Bonchev–Trinajstić information content (AvgIpc) is 3.01. The number of anilines is 1. The van der Waals surface area contributed by atoms with Gasteiger partial charge in [-0.2, -0.15) is 0 Å². The van der Waals surface area contributed by atoms with Gasteiger partial charge >= 0.3 is 0 Å². The van der Waals surface area contributed by atoms with E-state index in [0.29, 0.717) is 11.3 Å². The lowest BCUT2D eigenvalue weighted by molar-refractivity contribution is -0.132. The van der Waals surface area contributed by atoms with E-state index in [1.165, 1.54) is 17.0 Å². The van der Waals surface area contributed by atoms with Crippen LogP contribution in [-0.4, -0.2) is 16.8 Å². The zero-order chi connectivity index (χ0) is 22.3. The minimum atomic E-state index is -1.08. The molecule has 0 aromatic heterocycles. The van der Waals surface area contributed by atoms with Crippen molar-refractivity contribution in [2.45, 2.75) is 26.8 Å². The lowest BCUT2D eigenvalue weighted by Gasteiger charge is -2.27. The van der Waals surface area contributed by atoms with Crippen molar-refractivity contribution in [1.29, 1.82) is 0 Å². The Hall–Kier alpha value is -3.73. The number of ketones is 1. The number of amides is 1. The summed E-state index contributed by atoms with van der Waals surface area (Å²) >= 11 is 0. The fraction of sp³-hybridized carbons (Fsp3) is 0.154. The first-order valence-electron chi connectivity index (χ1n) is 10.00. The zero-order valence-electron chi connectivity index (χ0n) is 17.5. The lowest BCUT2D eigenvalue weighted by atomic mass is 9.93. The summed E-state index contributed by atoms with van der Waals surface area (Å²) in [5.41, 5.74) is 3.38. The highest BCUT2D eigenvalue weighted by atomic mass is 19.1. The largest absolute Gasteiger partial charge is 0.507 e. The monoisotopic (exact) mass is 415 g/mol. The van der Waals surface area contributed by atoms with Crippen molar-refractivity contribution in [3.63, 3.8) is 0 Å². The van der Waals surface area contributed by atoms with Crippen LogP contribution in [0.15, 0.2) is 72.3 Å². The number of carbonyl (C=O) groups is 2. The highest BCUT2D eigenvalue weighted by Crippen LogP contribution is 2.44. The van der Waals surface area contributed by atoms with E-state index in [1.807, 2.05) is 45.0 Å². The van der Waals surface area contributed by atoms with Gasteiger partial charge in [0, 0.05) is 16.8 Å². The van der Waals surface area contributed by atoms with E-state index in [1.54, 1.807) is 30.3 Å². The zero-order valence-corrected chi connectivity index (χ0v) is 17.5. The Balaban J connectivity index is 2.03. The van der Waals surface area contributed by atoms with E-state index in [9.17, 15) is 19.1 Å². The second-order valence-corrected chi connectivity index (χ2v) is 7.80. The summed E-state index contributed by atoms with van der Waals surface area (Å²) in [5, 5.41) is 11.2. The molecule has 3 aromatic rings. The first kappa shape index (κ1) is 20.5. The molecular weight excluding hydrogens is 393 g/mol. The Labute approximate surface area is 180 Å². The van der Waals surface area contributed by atoms with Gasteiger partial charge < -0.3 is 5.11 Å². The fourth-order valence-electron chi connectivity index (χ4n) is 4.04. The standard InChI is InChI=1S/C26H22FNO3/c1-15-12-13-16(2)19(14-15)24(29)22-23(18-9-5-6-10-20(18)27)28(26(31)25(22)30)21-11-7-4-8-17(21)3/h4-14,23,29H,1-3H3/b24-22+. The molecule has 1 heterocycles. The van der Waals surface area contributed by atoms with Crippen LogP contribution in [0.4, 0.5) is 10.1 Å². The van der Waals surface area contributed by atoms with Gasteiger partial charge in [0.1, 0.15) is 11.6 Å². The number of rotatable bonds is 3. The summed E-state index contributed by atoms with van der Waals surface area (Å²) in [5.74, 6) is -2.49. The van der Waals surface area contributed by atoms with Gasteiger partial charge in [0.15, 0.2) is 0 Å². The van der Waals surface area contributed by atoms with Crippen molar-refractivity contribution >= 4 is 23.1 Å². The number of aliphatic hydroxyl groups is 1. The van der Waals surface area contributed by atoms with E-state index in [4.69, 9.17) is 0 Å². The SMILES string of the molecule is Cc1ccc(C)c(/C(O)=C2\C(=O)C(=O)N(c3ccccc3C)C2c2ccccc2F)c1. The summed E-state index contributed by atoms with van der Waals surface area (Å²) in [7, 11) is 0. The number of carbonyl (C=O) groups excluding carboxylic acids is 2. The van der Waals surface area contributed by atoms with Crippen LogP contribution >= 0.6 is 0 Å². The topological polar surface area (TPSA) is 57.6 Å². The van der Waals surface area contributed by atoms with Crippen LogP contribution in [0.2, 0.25) is 0 Å². The van der Waals surface area contributed by atoms with Crippen molar-refractivity contribution in [3.8, 4) is 0 Å². The number of para-hydroxylation sites is 1. The molecule has 0 bridgehead atoms. The minimum Gasteiger partial charge on any atom is -0.507 e. The minimum absolute atomic E-state index is 0.118. The van der Waals surface area contributed by atoms with E-state index in [0.717, 1.165) is 16.7 Å². The molecule has 0 aliphatic carbocycles. The molecule has 1 unspecified atom stereocenters. The summed E-state index contributed by atoms with van der Waals surface area (Å²) < 4.78 is 14.9. The molecule has 156 valence electrons. The van der Waals surface area contributed by atoms with Crippen molar-refractivity contribution in [2.75, 3.05) is 4.90 Å². The molecular formula is C26H22FNO3. The quantitative estimate of drug-likeness (QED) is 0.355. The van der Waals surface area contributed by atoms with Gasteiger partial charge in [0.25, 0.3) is 11.7 Å². The molecule has 1 aliphatic heterocycles. The third-order valence-electron chi connectivity index (χ3n) is 5.67. The summed E-state index contributed by atoms with van der Waals surface area (Å²) in [6.45, 7) is 5.50. The maximum atomic E-state index is 14.9. The third kappa shape index (κ3) is 3.42. The van der Waals surface area contributed by atoms with Crippen molar-refractivity contribution in [1.82, 2.24) is 0 Å². The molecule has 1 aliphatic rings. The maximum absolute atomic E-state index is 14.9. The average molecular weight is 415 g/mol. The van der Waals surface area contributed by atoms with Gasteiger partial charge in [-0.05, 0) is 50.1 Å². The molecule has 1 N–H and O–H groups in total. The van der Waals surface area contributed by atoms with Gasteiger partial charge in [-0.3, -0.25) is 14.5 Å². The van der Waals surface area contributed by atoms with Gasteiger partial charge in [0.2, 0.25) is 0 Å². The highest BCUT2D eigenvalue weighted by Gasteiger charge is 2.48. The molecule has 1 atom stereocenters. The van der Waals surface area contributed by atoms with E-state index in [2.05, 4.69) is 0 Å². The molecule has 4 rings (SSSR count). The summed E-state index contributed by atoms with van der Waals surface area (Å²) in [6.07, 6.45) is 0. The Morgan fingerprint density at radius 2 is 1.58 bits per heavy atom. The molecule has 3 aromatic carbocycles. The smallest absolute Gasteiger partial charge is 0.300 e. The van der Waals surface area contributed by atoms with E-state index >= 15 is 0 Å². The molecule has 1 saturated heterocycles. The Kier molecular flexibility index (Phi) is 5.19. The number of Topliss-reactive ketones (excluding diaryl/α,β-unsaturated/α-hetero) is 1. The number of hydrogen-bond donors (Lipinski definition) is 1. The fourth-order valence-corrected chi connectivity index (χ4v) is 4.04. The van der Waals surface area contributed by atoms with Crippen molar-refractivity contribution < 1.29 is 19.1 Å². The van der Waals surface area contributed by atoms with Crippen LogP contribution < -0.4 is 4.90 Å². The predicted molar refractivity (Wildman–Crippen MR) is 118 cm³/mol. The first-order valence-corrected chi connectivity index (χ1v) is 10.00. The molecule has 4 nitrogen and oxygen atoms in total. The lowest BCUT2D eigenvalue weighted by Crippen LogP contribution is -2.30. The highest BCUT2D eigenvalue weighted by molar-refractivity contribution is 6.51. The summed E-state index contributed by atoms with van der Waals surface area (Å²) in [4.78, 5) is 27.6. The molecule has 5 heteroatoms. The molecule has 0 radical (unpaired) electrons. The second-order valence-electron chi connectivity index (χ2n) is 7.80. The number of aliphatic hydroxyl groups excluding tert-OH is 1. The van der Waals surface area contributed by atoms with E-state index < -0.39 is 23.5 Å². The molecule has 0 spiro atoms. The van der Waals surface area contributed by atoms with Crippen LogP contribution in [0, 0.1) is 26.6 Å². The Morgan fingerprint density at radius 3 is 2.29 bits per heavy atom. The number of aryl methyl sites for hydroxylation is 3. The van der Waals surface area contributed by atoms with E-state index in [-0.39, 0.29) is 16.9 Å². The Bertz CT molecular complexity index is 1240. The summed E-state index contributed by atoms with van der Waals surface area (Å²) in [6, 6.07) is 17.5. The van der Waals surface area contributed by atoms with Gasteiger partial charge in [0.05, 0.1) is 11.6 Å². The van der Waals surface area contributed by atoms with Gasteiger partial charge in [-0.25, -0.2) is 4.39 Å². The molecule has 31 heavy (non-hydrogen) atoms. The molecule has 1 fully saturated rings. The van der Waals surface area contributed by atoms with Crippen LogP contribution in [0.3, 0.4) is 0 Å². The number of benzene rings is 3.